The first-order valence-electron chi connectivity index (χ1n) is 41.7. The van der Waals surface area contributed by atoms with E-state index in [9.17, 15) is 0 Å². The van der Waals surface area contributed by atoms with E-state index in [1.807, 2.05) is 0 Å². The zero-order valence-electron chi connectivity index (χ0n) is 66.7. The van der Waals surface area contributed by atoms with E-state index >= 15 is 0 Å². The second-order valence-electron chi connectivity index (χ2n) is 31.4. The number of benzene rings is 21. The van der Waals surface area contributed by atoms with Crippen LogP contribution in [0.5, 0.6) is 0 Å². The molecule has 0 aliphatic heterocycles. The molecule has 4 nitrogen and oxygen atoms in total. The van der Waals surface area contributed by atoms with E-state index < -0.39 is 0 Å². The molecule has 2 heterocycles. The summed E-state index contributed by atoms with van der Waals surface area (Å²) in [5, 5.41) is 14.4. The lowest BCUT2D eigenvalue weighted by Gasteiger charge is -2.26. The van der Waals surface area contributed by atoms with Crippen LogP contribution in [-0.4, -0.2) is 0 Å². The van der Waals surface area contributed by atoms with E-state index in [0.29, 0.717) is 0 Å². The lowest BCUT2D eigenvalue weighted by atomic mass is 9.97. The molecule has 2 aromatic heterocycles. The highest BCUT2D eigenvalue weighted by Gasteiger charge is 2.22. The molecule has 122 heavy (non-hydrogen) atoms. The van der Waals surface area contributed by atoms with Crippen molar-refractivity contribution >= 4 is 121 Å². The van der Waals surface area contributed by atoms with Gasteiger partial charge < -0.3 is 18.6 Å². The van der Waals surface area contributed by atoms with E-state index in [2.05, 4.69) is 483 Å². The third-order valence-electron chi connectivity index (χ3n) is 24.2. The molecule has 0 unspecified atom stereocenters. The topological polar surface area (TPSA) is 32.8 Å². The fraction of sp³-hybridized carbons (Fsp3) is 0. The summed E-state index contributed by atoms with van der Waals surface area (Å²) in [4.78, 5) is 4.71. The molecule has 0 amide bonds. The minimum atomic E-state index is 0.882. The highest BCUT2D eigenvalue weighted by atomic mass is 16.3. The van der Waals surface area contributed by atoms with Crippen molar-refractivity contribution in [3.05, 3.63) is 473 Å². The maximum Gasteiger partial charge on any atom is 0.143 e. The molecule has 0 saturated heterocycles. The lowest BCUT2D eigenvalue weighted by molar-refractivity contribution is 0.669. The zero-order chi connectivity index (χ0) is 80.8. The van der Waals surface area contributed by atoms with Crippen LogP contribution in [-0.2, 0) is 0 Å². The normalized spacial score (nSPS) is 11.4. The van der Waals surface area contributed by atoms with Gasteiger partial charge in [0.15, 0.2) is 0 Å². The third-order valence-corrected chi connectivity index (χ3v) is 24.2. The van der Waals surface area contributed by atoms with Gasteiger partial charge in [0.05, 0.1) is 0 Å². The number of hydrogen-bond donors (Lipinski definition) is 0. The Balaban J connectivity index is 0.000000146. The Kier molecular flexibility index (Phi) is 18.6. The SMILES string of the molecule is c1ccc(-c2ccc(-c3ccc(N(c4ccc(-c5cccc6c5oc5ccc(-c7cccc(-c8ccccc8)c7)cc56)cc4)c4ccc5c(ccc6ccccc65)c4)cc3)cc2)cc1.c1ccc(-c2ccc(-c3ccc(N(c4ccc(-c5cccc6c5oc5ccc(-c7ccccc7)cc56)cc4)c4ccc5c(ccc6ccccc65)c4)cc3)cc2)cc1. The van der Waals surface area contributed by atoms with Gasteiger partial charge in [-0.25, -0.2) is 0 Å². The average Bonchev–Trinajstić information content (AvgIpc) is 1.50. The predicted molar refractivity (Wildman–Crippen MR) is 516 cm³/mol. The highest BCUT2D eigenvalue weighted by Crippen LogP contribution is 2.46. The van der Waals surface area contributed by atoms with Crippen molar-refractivity contribution in [3.8, 4) is 100 Å². The summed E-state index contributed by atoms with van der Waals surface area (Å²) in [5.41, 5.74) is 31.2. The second-order valence-corrected chi connectivity index (χ2v) is 31.4. The van der Waals surface area contributed by atoms with Crippen molar-refractivity contribution in [1.82, 2.24) is 0 Å². The number of nitrogens with zero attached hydrogens (tertiary/aromatic N) is 2. The monoisotopic (exact) mass is 1550 g/mol. The van der Waals surface area contributed by atoms with Gasteiger partial charge in [0.1, 0.15) is 22.3 Å². The largest absolute Gasteiger partial charge is 0.455 e. The predicted octanol–water partition coefficient (Wildman–Crippen LogP) is 33.7. The Bertz CT molecular complexity index is 7800. The van der Waals surface area contributed by atoms with Gasteiger partial charge in [-0.05, 0) is 235 Å². The average molecular weight is 1560 g/mol. The Hall–Kier alpha value is -16.1. The fourth-order valence-electron chi connectivity index (χ4n) is 17.9. The van der Waals surface area contributed by atoms with Gasteiger partial charge in [-0.15, -0.1) is 0 Å². The third kappa shape index (κ3) is 13.8. The Morgan fingerprint density at radius 1 is 0.131 bits per heavy atom. The summed E-state index contributed by atoms with van der Waals surface area (Å²) in [7, 11) is 0. The van der Waals surface area contributed by atoms with Crippen LogP contribution in [0.15, 0.2) is 482 Å². The molecule has 0 bridgehead atoms. The van der Waals surface area contributed by atoms with Crippen molar-refractivity contribution < 1.29 is 8.83 Å². The summed E-state index contributed by atoms with van der Waals surface area (Å²) in [6.07, 6.45) is 0. The van der Waals surface area contributed by atoms with Gasteiger partial charge in [-0.2, -0.15) is 0 Å². The van der Waals surface area contributed by atoms with Crippen LogP contribution >= 0.6 is 0 Å². The van der Waals surface area contributed by atoms with Crippen LogP contribution in [0.3, 0.4) is 0 Å². The van der Waals surface area contributed by atoms with Gasteiger partial charge >= 0.3 is 0 Å². The molecule has 23 rings (SSSR count). The van der Waals surface area contributed by atoms with Gasteiger partial charge in [0.2, 0.25) is 0 Å². The van der Waals surface area contributed by atoms with Gasteiger partial charge in [0.25, 0.3) is 0 Å². The number of anilines is 6. The summed E-state index contributed by atoms with van der Waals surface area (Å²) in [6, 6.07) is 170. The van der Waals surface area contributed by atoms with Gasteiger partial charge in [-0.3, -0.25) is 0 Å². The molecule has 0 saturated carbocycles. The molecule has 0 aliphatic rings. The Morgan fingerprint density at radius 2 is 0.377 bits per heavy atom. The summed E-state index contributed by atoms with van der Waals surface area (Å²) in [5.74, 6) is 0. The van der Waals surface area contributed by atoms with Gasteiger partial charge in [0, 0.05) is 66.8 Å². The first-order chi connectivity index (χ1) is 60.4. The van der Waals surface area contributed by atoms with Crippen LogP contribution in [0.1, 0.15) is 0 Å². The summed E-state index contributed by atoms with van der Waals surface area (Å²) >= 11 is 0. The molecule has 23 aromatic rings. The first kappa shape index (κ1) is 72.3. The molecular weight excluding hydrogens is 1480 g/mol. The molecule has 21 aromatic carbocycles. The number of para-hydroxylation sites is 2. The highest BCUT2D eigenvalue weighted by molar-refractivity contribution is 6.14. The minimum absolute atomic E-state index is 0.882. The van der Waals surface area contributed by atoms with E-state index in [1.54, 1.807) is 0 Å². The molecule has 0 spiro atoms. The summed E-state index contributed by atoms with van der Waals surface area (Å²) < 4.78 is 13.3. The van der Waals surface area contributed by atoms with Crippen LogP contribution in [0.4, 0.5) is 34.1 Å². The number of hydrogen-bond acceptors (Lipinski definition) is 4. The van der Waals surface area contributed by atoms with Crippen LogP contribution in [0.25, 0.3) is 187 Å². The van der Waals surface area contributed by atoms with E-state index in [0.717, 1.165) is 100 Å². The maximum atomic E-state index is 6.68. The molecule has 0 N–H and O–H groups in total. The minimum Gasteiger partial charge on any atom is -0.455 e. The molecule has 4 heteroatoms. The molecular formula is C118H78N2O2. The van der Waals surface area contributed by atoms with Crippen LogP contribution in [0.2, 0.25) is 0 Å². The van der Waals surface area contributed by atoms with Crippen LogP contribution < -0.4 is 9.80 Å². The molecule has 0 atom stereocenters. The Morgan fingerprint density at radius 3 is 0.754 bits per heavy atom. The molecule has 0 aliphatic carbocycles. The smallest absolute Gasteiger partial charge is 0.143 e. The van der Waals surface area contributed by atoms with E-state index in [-0.39, 0.29) is 0 Å². The van der Waals surface area contributed by atoms with Crippen LogP contribution in [0, 0.1) is 0 Å². The number of fused-ring (bicyclic) bond motifs is 12. The zero-order valence-corrected chi connectivity index (χ0v) is 66.7. The van der Waals surface area contributed by atoms with Gasteiger partial charge in [-0.1, -0.05) is 370 Å². The van der Waals surface area contributed by atoms with E-state index in [4.69, 9.17) is 8.83 Å². The standard InChI is InChI=1S/C62H41NO.C56H37NO/c1-3-11-42(12-4-1)44-21-23-45(24-22-44)46-27-32-53(33-28-46)63(55-36-37-57-52(40-55)26-25-47-15-7-8-18-56(47)57)54-34-29-48(30-35-54)58-19-10-20-59-60-41-51(31-38-61(60)64-62(58)59)50-17-9-16-49(39-50)43-13-5-2-6-14-43;1-3-10-38(11-4-1)40-18-20-41(21-19-40)42-24-29-47(30-25-42)57(49-33-34-51-46(36-49)23-22-43-14-7-8-15-50(43)51)48-31-26-44(27-32-48)52-16-9-17-53-54-37-45(39-12-5-2-6-13-39)28-35-55(54)58-56(52)53/h1-41H;1-37H. The first-order valence-corrected chi connectivity index (χ1v) is 41.7. The number of rotatable bonds is 15. The summed E-state index contributed by atoms with van der Waals surface area (Å²) in [6.45, 7) is 0. The Labute approximate surface area is 708 Å². The number of furan rings is 2. The quantitative estimate of drug-likeness (QED) is 0.0958. The van der Waals surface area contributed by atoms with E-state index in [1.165, 1.54) is 121 Å². The van der Waals surface area contributed by atoms with Crippen molar-refractivity contribution in [2.24, 2.45) is 0 Å². The van der Waals surface area contributed by atoms with Crippen molar-refractivity contribution in [3.63, 3.8) is 0 Å². The molecule has 572 valence electrons. The van der Waals surface area contributed by atoms with Crippen molar-refractivity contribution in [1.29, 1.82) is 0 Å². The van der Waals surface area contributed by atoms with Crippen molar-refractivity contribution in [2.45, 2.75) is 0 Å². The lowest BCUT2D eigenvalue weighted by Crippen LogP contribution is -2.09. The molecule has 0 fully saturated rings. The molecule has 0 radical (unpaired) electrons. The maximum absolute atomic E-state index is 6.68. The fourth-order valence-corrected chi connectivity index (χ4v) is 17.9. The van der Waals surface area contributed by atoms with Crippen molar-refractivity contribution in [2.75, 3.05) is 9.80 Å². The second kappa shape index (κ2) is 31.4.